The average Bonchev–Trinajstić information content (AvgIpc) is 3.16. The van der Waals surface area contributed by atoms with Crippen LogP contribution in [0.25, 0.3) is 0 Å². The van der Waals surface area contributed by atoms with Gasteiger partial charge in [-0.1, -0.05) is 31.1 Å². The van der Waals surface area contributed by atoms with Crippen molar-refractivity contribution < 1.29 is 18.6 Å². The van der Waals surface area contributed by atoms with Gasteiger partial charge in [0.25, 0.3) is 5.91 Å². The van der Waals surface area contributed by atoms with Crippen molar-refractivity contribution in [2.24, 2.45) is 0 Å². The molecule has 0 atom stereocenters. The van der Waals surface area contributed by atoms with Crippen LogP contribution < -0.4 is 5.32 Å². The minimum absolute atomic E-state index is 0.0722. The molecule has 25 heavy (non-hydrogen) atoms. The lowest BCUT2D eigenvalue weighted by Crippen LogP contribution is -2.37. The first-order chi connectivity index (χ1) is 11.7. The molecule has 0 fully saturated rings. The Hall–Kier alpha value is -2.64. The van der Waals surface area contributed by atoms with Crippen molar-refractivity contribution in [3.8, 4) is 0 Å². The van der Waals surface area contributed by atoms with Gasteiger partial charge in [-0.3, -0.25) is 9.59 Å². The van der Waals surface area contributed by atoms with E-state index in [0.717, 1.165) is 5.56 Å². The van der Waals surface area contributed by atoms with Gasteiger partial charge in [0.2, 0.25) is 5.91 Å². The van der Waals surface area contributed by atoms with E-state index in [2.05, 4.69) is 15.6 Å². The van der Waals surface area contributed by atoms with E-state index in [-0.39, 0.29) is 29.3 Å². The molecule has 0 aliphatic heterocycles. The van der Waals surface area contributed by atoms with Crippen molar-refractivity contribution in [2.75, 3.05) is 20.1 Å². The highest BCUT2D eigenvalue weighted by Crippen LogP contribution is 2.22. The Morgan fingerprint density at radius 1 is 1.28 bits per heavy atom. The average molecular weight is 348 g/mol. The van der Waals surface area contributed by atoms with Crippen LogP contribution in [0.3, 0.4) is 0 Å². The Balaban J connectivity index is 1.79. The minimum Gasteiger partial charge on any atom is -0.364 e. The van der Waals surface area contributed by atoms with Gasteiger partial charge in [-0.2, -0.15) is 0 Å². The van der Waals surface area contributed by atoms with Crippen LogP contribution in [0.1, 0.15) is 48.3 Å². The van der Waals surface area contributed by atoms with Crippen LogP contribution in [-0.2, 0) is 16.6 Å². The van der Waals surface area contributed by atoms with Crippen molar-refractivity contribution in [3.05, 3.63) is 35.0 Å². The van der Waals surface area contributed by atoms with Crippen LogP contribution in [0.15, 0.2) is 21.4 Å². The van der Waals surface area contributed by atoms with Crippen LogP contribution >= 0.6 is 0 Å². The molecule has 0 unspecified atom stereocenters. The third kappa shape index (κ3) is 4.91. The normalized spacial score (nSPS) is 11.4. The minimum atomic E-state index is -0.324. The molecule has 0 saturated carbocycles. The van der Waals surface area contributed by atoms with Crippen molar-refractivity contribution in [3.63, 3.8) is 0 Å². The molecule has 0 aliphatic rings. The van der Waals surface area contributed by atoms with E-state index in [1.54, 1.807) is 24.9 Å². The van der Waals surface area contributed by atoms with Crippen molar-refractivity contribution in [2.45, 2.75) is 39.5 Å². The third-order valence-electron chi connectivity index (χ3n) is 3.83. The van der Waals surface area contributed by atoms with E-state index in [4.69, 9.17) is 9.05 Å². The first kappa shape index (κ1) is 18.7. The number of hydrogen-bond acceptors (Lipinski definition) is 6. The predicted molar refractivity (Wildman–Crippen MR) is 90.1 cm³/mol. The Bertz CT molecular complexity index is 742. The van der Waals surface area contributed by atoms with Gasteiger partial charge in [-0.15, -0.1) is 0 Å². The zero-order chi connectivity index (χ0) is 18.6. The highest BCUT2D eigenvalue weighted by atomic mass is 16.5. The number of likely N-dealkylation sites (N-methyl/N-ethyl adjacent to an activating group) is 1. The second-order valence-corrected chi connectivity index (χ2v) is 7.00. The molecule has 0 saturated heterocycles. The highest BCUT2D eigenvalue weighted by Gasteiger charge is 2.22. The van der Waals surface area contributed by atoms with E-state index >= 15 is 0 Å². The Morgan fingerprint density at radius 2 is 2.00 bits per heavy atom. The summed E-state index contributed by atoms with van der Waals surface area (Å²) in [5.41, 5.74) is 1.49. The molecule has 1 N–H and O–H groups in total. The summed E-state index contributed by atoms with van der Waals surface area (Å²) in [4.78, 5) is 25.8. The van der Waals surface area contributed by atoms with E-state index in [1.807, 2.05) is 20.8 Å². The number of amides is 2. The third-order valence-corrected chi connectivity index (χ3v) is 3.83. The molecule has 136 valence electrons. The molecule has 2 aromatic heterocycles. The fourth-order valence-corrected chi connectivity index (χ4v) is 2.07. The number of nitrogens with one attached hydrogen (secondary N) is 1. The highest BCUT2D eigenvalue weighted by molar-refractivity contribution is 5.92. The second kappa shape index (κ2) is 7.50. The maximum Gasteiger partial charge on any atom is 0.273 e. The van der Waals surface area contributed by atoms with Crippen LogP contribution in [0.5, 0.6) is 0 Å². The molecule has 8 nitrogen and oxygen atoms in total. The molecule has 2 heterocycles. The standard InChI is InChI=1S/C17H24N4O4/c1-11-12(10-24-19-11)8-15(22)21(5)7-6-18-16(23)13-9-14(25-20-13)17(2,3)4/h9-10H,6-8H2,1-5H3,(H,18,23). The lowest BCUT2D eigenvalue weighted by molar-refractivity contribution is -0.129. The smallest absolute Gasteiger partial charge is 0.273 e. The van der Waals surface area contributed by atoms with E-state index < -0.39 is 0 Å². The largest absolute Gasteiger partial charge is 0.364 e. The number of hydrogen-bond donors (Lipinski definition) is 1. The van der Waals surface area contributed by atoms with E-state index in [9.17, 15) is 9.59 Å². The maximum absolute atomic E-state index is 12.1. The topological polar surface area (TPSA) is 101 Å². The molecule has 2 rings (SSSR count). The predicted octanol–water partition coefficient (Wildman–Crippen LogP) is 1.70. The summed E-state index contributed by atoms with van der Waals surface area (Å²) in [5, 5.41) is 10.3. The molecule has 0 spiro atoms. The van der Waals surface area contributed by atoms with Crippen LogP contribution in [0.2, 0.25) is 0 Å². The first-order valence-electron chi connectivity index (χ1n) is 8.07. The fourth-order valence-electron chi connectivity index (χ4n) is 2.07. The van der Waals surface area contributed by atoms with Gasteiger partial charge in [-0.25, -0.2) is 0 Å². The van der Waals surface area contributed by atoms with Crippen molar-refractivity contribution >= 4 is 11.8 Å². The summed E-state index contributed by atoms with van der Waals surface area (Å²) in [6.45, 7) is 8.43. The Labute approximate surface area is 146 Å². The number of nitrogens with zero attached hydrogens (tertiary/aromatic N) is 3. The monoisotopic (exact) mass is 348 g/mol. The summed E-state index contributed by atoms with van der Waals surface area (Å²) >= 11 is 0. The number of carbonyl (C=O) groups excluding carboxylic acids is 2. The molecular formula is C17H24N4O4. The maximum atomic E-state index is 12.1. The molecule has 0 aliphatic carbocycles. The van der Waals surface area contributed by atoms with Gasteiger partial charge >= 0.3 is 0 Å². The van der Waals surface area contributed by atoms with E-state index in [0.29, 0.717) is 24.5 Å². The summed E-state index contributed by atoms with van der Waals surface area (Å²) in [5.74, 6) is 0.251. The Kier molecular flexibility index (Phi) is 5.61. The van der Waals surface area contributed by atoms with Gasteiger partial charge in [-0.05, 0) is 6.92 Å². The summed E-state index contributed by atoms with van der Waals surface area (Å²) in [6, 6.07) is 1.64. The lowest BCUT2D eigenvalue weighted by atomic mass is 9.93. The van der Waals surface area contributed by atoms with Gasteiger partial charge < -0.3 is 19.3 Å². The molecule has 0 aromatic carbocycles. The van der Waals surface area contributed by atoms with Crippen molar-refractivity contribution in [1.29, 1.82) is 0 Å². The van der Waals surface area contributed by atoms with Gasteiger partial charge in [0.1, 0.15) is 12.0 Å². The number of aromatic nitrogens is 2. The van der Waals surface area contributed by atoms with Crippen molar-refractivity contribution in [1.82, 2.24) is 20.5 Å². The zero-order valence-corrected chi connectivity index (χ0v) is 15.3. The molecule has 0 radical (unpaired) electrons. The first-order valence-corrected chi connectivity index (χ1v) is 8.07. The Morgan fingerprint density at radius 3 is 2.56 bits per heavy atom. The summed E-state index contributed by atoms with van der Waals surface area (Å²) < 4.78 is 10.0. The summed E-state index contributed by atoms with van der Waals surface area (Å²) in [6.07, 6.45) is 1.69. The second-order valence-electron chi connectivity index (χ2n) is 7.00. The molecule has 2 aromatic rings. The van der Waals surface area contributed by atoms with Crippen LogP contribution in [-0.4, -0.2) is 47.2 Å². The number of rotatable bonds is 6. The quantitative estimate of drug-likeness (QED) is 0.852. The van der Waals surface area contributed by atoms with E-state index in [1.165, 1.54) is 6.26 Å². The SMILES string of the molecule is Cc1nocc1CC(=O)N(C)CCNC(=O)c1cc(C(C)(C)C)on1. The van der Waals surface area contributed by atoms with Gasteiger partial charge in [0.05, 0.1) is 12.1 Å². The molecular weight excluding hydrogens is 324 g/mol. The molecule has 8 heteroatoms. The van der Waals surface area contributed by atoms with Gasteiger partial charge in [0, 0.05) is 37.2 Å². The number of carbonyl (C=O) groups is 2. The lowest BCUT2D eigenvalue weighted by Gasteiger charge is -2.17. The van der Waals surface area contributed by atoms with Crippen LogP contribution in [0.4, 0.5) is 0 Å². The molecule has 2 amide bonds. The molecule has 0 bridgehead atoms. The zero-order valence-electron chi connectivity index (χ0n) is 15.3. The fraction of sp³-hybridized carbons (Fsp3) is 0.529. The van der Waals surface area contributed by atoms with Crippen LogP contribution in [0, 0.1) is 6.92 Å². The number of aryl methyl sites for hydroxylation is 1. The summed E-state index contributed by atoms with van der Waals surface area (Å²) in [7, 11) is 1.69. The van der Waals surface area contributed by atoms with Gasteiger partial charge in [0.15, 0.2) is 5.69 Å².